The lowest BCUT2D eigenvalue weighted by atomic mass is 10.2. The first kappa shape index (κ1) is 12.2. The van der Waals surface area contributed by atoms with E-state index in [0.717, 1.165) is 30.4 Å². The number of hydrogen-bond acceptors (Lipinski definition) is 5. The zero-order chi connectivity index (χ0) is 13.1. The van der Waals surface area contributed by atoms with Gasteiger partial charge in [0.25, 0.3) is 0 Å². The third-order valence-electron chi connectivity index (χ3n) is 3.30. The number of hydrogen-bond donors (Lipinski definition) is 0. The van der Waals surface area contributed by atoms with Crippen LogP contribution in [-0.2, 0) is 11.2 Å². The zero-order valence-electron chi connectivity index (χ0n) is 11.0. The Morgan fingerprint density at radius 3 is 2.89 bits per heavy atom. The fourth-order valence-electron chi connectivity index (χ4n) is 2.28. The second kappa shape index (κ2) is 5.40. The molecule has 2 aromatic heterocycles. The second-order valence-electron chi connectivity index (χ2n) is 4.49. The van der Waals surface area contributed by atoms with E-state index in [1.165, 1.54) is 0 Å². The summed E-state index contributed by atoms with van der Waals surface area (Å²) >= 11 is 0. The van der Waals surface area contributed by atoms with Crippen LogP contribution in [0.1, 0.15) is 24.5 Å². The third-order valence-corrected chi connectivity index (χ3v) is 3.30. The van der Waals surface area contributed by atoms with Crippen molar-refractivity contribution >= 4 is 5.95 Å². The topological polar surface area (TPSA) is 51.4 Å². The van der Waals surface area contributed by atoms with Gasteiger partial charge in [0.05, 0.1) is 13.2 Å². The molecule has 0 aliphatic carbocycles. The molecule has 1 aliphatic heterocycles. The van der Waals surface area contributed by atoms with Crippen molar-refractivity contribution in [2.45, 2.75) is 19.4 Å². The van der Waals surface area contributed by atoms with Crippen LogP contribution in [-0.4, -0.2) is 29.7 Å². The van der Waals surface area contributed by atoms with Gasteiger partial charge in [0.15, 0.2) is 0 Å². The molecule has 1 fully saturated rings. The molecule has 0 saturated carbocycles. The molecule has 1 atom stereocenters. The van der Waals surface area contributed by atoms with E-state index in [4.69, 9.17) is 9.15 Å². The molecule has 19 heavy (non-hydrogen) atoms. The van der Waals surface area contributed by atoms with E-state index >= 15 is 0 Å². The molecule has 3 heterocycles. The summed E-state index contributed by atoms with van der Waals surface area (Å²) in [5.74, 6) is 2.64. The van der Waals surface area contributed by atoms with E-state index in [-0.39, 0.29) is 6.04 Å². The fraction of sp³-hybridized carbons (Fsp3) is 0.429. The van der Waals surface area contributed by atoms with Gasteiger partial charge in [0.2, 0.25) is 5.95 Å². The van der Waals surface area contributed by atoms with E-state index in [2.05, 4.69) is 21.8 Å². The predicted molar refractivity (Wildman–Crippen MR) is 71.0 cm³/mol. The van der Waals surface area contributed by atoms with Gasteiger partial charge in [-0.25, -0.2) is 9.97 Å². The summed E-state index contributed by atoms with van der Waals surface area (Å²) in [5, 5.41) is 0. The Morgan fingerprint density at radius 1 is 1.32 bits per heavy atom. The molecular weight excluding hydrogens is 242 g/mol. The highest BCUT2D eigenvalue weighted by Gasteiger charge is 2.28. The first-order valence-electron chi connectivity index (χ1n) is 6.58. The average molecular weight is 259 g/mol. The lowest BCUT2D eigenvalue weighted by molar-refractivity contribution is 0.0864. The molecule has 3 rings (SSSR count). The van der Waals surface area contributed by atoms with Gasteiger partial charge in [-0.2, -0.15) is 0 Å². The van der Waals surface area contributed by atoms with Crippen LogP contribution in [0.15, 0.2) is 35.0 Å². The van der Waals surface area contributed by atoms with Gasteiger partial charge in [-0.15, -0.1) is 0 Å². The van der Waals surface area contributed by atoms with Gasteiger partial charge in [-0.05, 0) is 18.2 Å². The standard InChI is InChI=1S/C14H17N3O2/c1-2-11-4-5-13(19-11)12-10-18-9-8-17(12)14-15-6-3-7-16-14/h3-7,12H,2,8-10H2,1H3. The van der Waals surface area contributed by atoms with E-state index in [0.29, 0.717) is 13.2 Å². The SMILES string of the molecule is CCc1ccc(C2COCCN2c2ncccn2)o1. The molecule has 0 spiro atoms. The van der Waals surface area contributed by atoms with Gasteiger partial charge in [0, 0.05) is 25.4 Å². The maximum absolute atomic E-state index is 5.85. The highest BCUT2D eigenvalue weighted by Crippen LogP contribution is 2.28. The summed E-state index contributed by atoms with van der Waals surface area (Å²) in [6.45, 7) is 4.15. The van der Waals surface area contributed by atoms with Crippen molar-refractivity contribution in [1.82, 2.24) is 9.97 Å². The smallest absolute Gasteiger partial charge is 0.226 e. The van der Waals surface area contributed by atoms with E-state index in [1.807, 2.05) is 18.2 Å². The fourth-order valence-corrected chi connectivity index (χ4v) is 2.28. The number of anilines is 1. The Hall–Kier alpha value is -1.88. The molecule has 1 unspecified atom stereocenters. The van der Waals surface area contributed by atoms with Gasteiger partial charge in [0.1, 0.15) is 17.6 Å². The number of aromatic nitrogens is 2. The molecule has 0 radical (unpaired) electrons. The molecule has 2 aromatic rings. The van der Waals surface area contributed by atoms with Gasteiger partial charge < -0.3 is 14.1 Å². The largest absolute Gasteiger partial charge is 0.464 e. The minimum Gasteiger partial charge on any atom is -0.464 e. The van der Waals surface area contributed by atoms with Gasteiger partial charge in [-0.1, -0.05) is 6.92 Å². The monoisotopic (exact) mass is 259 g/mol. The van der Waals surface area contributed by atoms with Crippen molar-refractivity contribution in [3.8, 4) is 0 Å². The number of rotatable bonds is 3. The first-order chi connectivity index (χ1) is 9.38. The first-order valence-corrected chi connectivity index (χ1v) is 6.58. The molecule has 0 bridgehead atoms. The minimum absolute atomic E-state index is 0.0523. The molecule has 5 nitrogen and oxygen atoms in total. The Labute approximate surface area is 112 Å². The van der Waals surface area contributed by atoms with E-state index in [9.17, 15) is 0 Å². The average Bonchev–Trinajstić information content (AvgIpc) is 2.97. The summed E-state index contributed by atoms with van der Waals surface area (Å²) in [5.41, 5.74) is 0. The van der Waals surface area contributed by atoms with Crippen LogP contribution in [0.3, 0.4) is 0 Å². The van der Waals surface area contributed by atoms with Crippen molar-refractivity contribution in [1.29, 1.82) is 0 Å². The number of ether oxygens (including phenoxy) is 1. The van der Waals surface area contributed by atoms with Crippen LogP contribution >= 0.6 is 0 Å². The second-order valence-corrected chi connectivity index (χ2v) is 4.49. The zero-order valence-corrected chi connectivity index (χ0v) is 11.0. The number of furan rings is 1. The third kappa shape index (κ3) is 2.46. The molecular formula is C14H17N3O2. The van der Waals surface area contributed by atoms with Crippen molar-refractivity contribution in [3.05, 3.63) is 42.1 Å². The van der Waals surface area contributed by atoms with Crippen LogP contribution < -0.4 is 4.90 Å². The molecule has 0 aromatic carbocycles. The number of morpholine rings is 1. The highest BCUT2D eigenvalue weighted by molar-refractivity contribution is 5.34. The number of nitrogens with zero attached hydrogens (tertiary/aromatic N) is 3. The molecule has 5 heteroatoms. The lowest BCUT2D eigenvalue weighted by Crippen LogP contribution is -2.40. The van der Waals surface area contributed by atoms with E-state index in [1.54, 1.807) is 12.4 Å². The maximum atomic E-state index is 5.85. The molecule has 100 valence electrons. The normalized spacial score (nSPS) is 19.6. The van der Waals surface area contributed by atoms with Crippen molar-refractivity contribution in [3.63, 3.8) is 0 Å². The summed E-state index contributed by atoms with van der Waals surface area (Å²) in [6.07, 6.45) is 4.42. The maximum Gasteiger partial charge on any atom is 0.226 e. The Morgan fingerprint density at radius 2 is 2.16 bits per heavy atom. The molecule has 0 amide bonds. The summed E-state index contributed by atoms with van der Waals surface area (Å²) in [4.78, 5) is 10.8. The summed E-state index contributed by atoms with van der Waals surface area (Å²) < 4.78 is 11.4. The van der Waals surface area contributed by atoms with Crippen LogP contribution in [0.4, 0.5) is 5.95 Å². The van der Waals surface area contributed by atoms with Crippen molar-refractivity contribution in [2.24, 2.45) is 0 Å². The van der Waals surface area contributed by atoms with Crippen LogP contribution in [0, 0.1) is 0 Å². The van der Waals surface area contributed by atoms with Crippen LogP contribution in [0.5, 0.6) is 0 Å². The molecule has 1 aliphatic rings. The Bertz CT molecular complexity index is 526. The van der Waals surface area contributed by atoms with Crippen LogP contribution in [0.2, 0.25) is 0 Å². The Balaban J connectivity index is 1.89. The predicted octanol–water partition coefficient (Wildman–Crippen LogP) is 2.21. The van der Waals surface area contributed by atoms with Crippen molar-refractivity contribution in [2.75, 3.05) is 24.7 Å². The Kier molecular flexibility index (Phi) is 3.46. The minimum atomic E-state index is 0.0523. The number of aryl methyl sites for hydroxylation is 1. The summed E-state index contributed by atoms with van der Waals surface area (Å²) in [6, 6.07) is 5.92. The highest BCUT2D eigenvalue weighted by atomic mass is 16.5. The van der Waals surface area contributed by atoms with Gasteiger partial charge >= 0.3 is 0 Å². The van der Waals surface area contributed by atoms with Gasteiger partial charge in [-0.3, -0.25) is 0 Å². The molecule has 0 N–H and O–H groups in total. The van der Waals surface area contributed by atoms with Crippen LogP contribution in [0.25, 0.3) is 0 Å². The quantitative estimate of drug-likeness (QED) is 0.846. The summed E-state index contributed by atoms with van der Waals surface area (Å²) in [7, 11) is 0. The molecule has 1 saturated heterocycles. The van der Waals surface area contributed by atoms with E-state index < -0.39 is 0 Å². The lowest BCUT2D eigenvalue weighted by Gasteiger charge is -2.34. The van der Waals surface area contributed by atoms with Crippen molar-refractivity contribution < 1.29 is 9.15 Å².